The van der Waals surface area contributed by atoms with Gasteiger partial charge in [0.05, 0.1) is 27.5 Å². The van der Waals surface area contributed by atoms with Gasteiger partial charge < -0.3 is 0 Å². The molecule has 5 heteroatoms. The Hall–Kier alpha value is -1.32. The summed E-state index contributed by atoms with van der Waals surface area (Å²) in [6.07, 6.45) is 3.84. The number of rotatable bonds is 2. The number of benzene rings is 1. The summed E-state index contributed by atoms with van der Waals surface area (Å²) < 4.78 is 1.56. The highest BCUT2D eigenvalue weighted by Crippen LogP contribution is 2.24. The molecule has 0 aliphatic rings. The Morgan fingerprint density at radius 1 is 1.27 bits per heavy atom. The lowest BCUT2D eigenvalue weighted by Crippen LogP contribution is -1.93. The van der Waals surface area contributed by atoms with Gasteiger partial charge in [-0.1, -0.05) is 23.2 Å². The van der Waals surface area contributed by atoms with Crippen LogP contribution < -0.4 is 0 Å². The fourth-order valence-corrected chi connectivity index (χ4v) is 1.46. The molecule has 76 valence electrons. The minimum Gasteiger partial charge on any atom is -0.298 e. The first kappa shape index (κ1) is 10.2. The molecule has 0 saturated heterocycles. The van der Waals surface area contributed by atoms with Gasteiger partial charge >= 0.3 is 0 Å². The van der Waals surface area contributed by atoms with E-state index in [4.69, 9.17) is 23.2 Å². The molecular formula is C10H6Cl2N2O. The van der Waals surface area contributed by atoms with Gasteiger partial charge in [-0.15, -0.1) is 0 Å². The number of aldehydes is 1. The Morgan fingerprint density at radius 3 is 2.67 bits per heavy atom. The molecule has 1 aromatic heterocycles. The van der Waals surface area contributed by atoms with Gasteiger partial charge in [0.2, 0.25) is 0 Å². The maximum Gasteiger partial charge on any atom is 0.153 e. The van der Waals surface area contributed by atoms with Crippen molar-refractivity contribution < 1.29 is 4.79 Å². The zero-order valence-corrected chi connectivity index (χ0v) is 9.03. The predicted molar refractivity (Wildman–Crippen MR) is 59.0 cm³/mol. The molecule has 15 heavy (non-hydrogen) atoms. The SMILES string of the molecule is O=Cc1cnn(-c2ccc(Cl)c(Cl)c2)c1. The first-order chi connectivity index (χ1) is 7.20. The molecule has 0 radical (unpaired) electrons. The normalized spacial score (nSPS) is 10.3. The Morgan fingerprint density at radius 2 is 2.07 bits per heavy atom. The lowest BCUT2D eigenvalue weighted by Gasteiger charge is -2.02. The minimum atomic E-state index is 0.456. The molecule has 0 amide bonds. The number of carbonyl (C=O) groups excluding carboxylic acids is 1. The summed E-state index contributed by atoms with van der Waals surface area (Å²) in [5.41, 5.74) is 1.28. The third-order valence-electron chi connectivity index (χ3n) is 1.91. The van der Waals surface area contributed by atoms with Crippen LogP contribution in [0.1, 0.15) is 10.4 Å². The maximum absolute atomic E-state index is 10.5. The number of nitrogens with zero attached hydrogens (tertiary/aromatic N) is 2. The molecule has 0 spiro atoms. The van der Waals surface area contributed by atoms with E-state index in [2.05, 4.69) is 5.10 Å². The average molecular weight is 241 g/mol. The largest absolute Gasteiger partial charge is 0.298 e. The van der Waals surface area contributed by atoms with Crippen molar-refractivity contribution in [1.82, 2.24) is 9.78 Å². The standard InChI is InChI=1S/C10H6Cl2N2O/c11-9-2-1-8(3-10(9)12)14-5-7(6-15)4-13-14/h1-6H. The van der Waals surface area contributed by atoms with Crippen molar-refractivity contribution >= 4 is 29.5 Å². The van der Waals surface area contributed by atoms with Crippen molar-refractivity contribution in [2.45, 2.75) is 0 Å². The van der Waals surface area contributed by atoms with Gasteiger partial charge in [0, 0.05) is 6.20 Å². The molecule has 2 rings (SSSR count). The summed E-state index contributed by atoms with van der Waals surface area (Å²) in [6, 6.07) is 5.14. The molecule has 1 heterocycles. The number of hydrogen-bond donors (Lipinski definition) is 0. The number of hydrogen-bond acceptors (Lipinski definition) is 2. The molecule has 0 N–H and O–H groups in total. The van der Waals surface area contributed by atoms with E-state index in [0.29, 0.717) is 15.6 Å². The van der Waals surface area contributed by atoms with Gasteiger partial charge in [0.1, 0.15) is 0 Å². The van der Waals surface area contributed by atoms with E-state index in [1.807, 2.05) is 0 Å². The van der Waals surface area contributed by atoms with Crippen molar-refractivity contribution in [2.75, 3.05) is 0 Å². The molecule has 0 bridgehead atoms. The Balaban J connectivity index is 2.44. The molecule has 0 unspecified atom stereocenters. The molecule has 0 saturated carbocycles. The maximum atomic E-state index is 10.5. The van der Waals surface area contributed by atoms with E-state index < -0.39 is 0 Å². The van der Waals surface area contributed by atoms with Crippen LogP contribution in [0.25, 0.3) is 5.69 Å². The van der Waals surface area contributed by atoms with Crippen LogP contribution in [0.2, 0.25) is 10.0 Å². The fraction of sp³-hybridized carbons (Fsp3) is 0. The molecular weight excluding hydrogens is 235 g/mol. The highest BCUT2D eigenvalue weighted by Gasteiger charge is 2.03. The summed E-state index contributed by atoms with van der Waals surface area (Å²) in [5, 5.41) is 4.96. The summed E-state index contributed by atoms with van der Waals surface area (Å²) in [4.78, 5) is 10.5. The average Bonchev–Trinajstić information content (AvgIpc) is 2.70. The summed E-state index contributed by atoms with van der Waals surface area (Å²) in [5.74, 6) is 0. The Kier molecular flexibility index (Phi) is 2.75. The lowest BCUT2D eigenvalue weighted by molar-refractivity contribution is 0.112. The second-order valence-corrected chi connectivity index (χ2v) is 3.75. The first-order valence-corrected chi connectivity index (χ1v) is 4.91. The van der Waals surface area contributed by atoms with Crippen LogP contribution in [0.15, 0.2) is 30.6 Å². The van der Waals surface area contributed by atoms with Crippen LogP contribution in [0.4, 0.5) is 0 Å². The van der Waals surface area contributed by atoms with Crippen LogP contribution >= 0.6 is 23.2 Å². The van der Waals surface area contributed by atoms with Crippen LogP contribution in [0, 0.1) is 0 Å². The van der Waals surface area contributed by atoms with E-state index in [1.54, 1.807) is 29.1 Å². The third kappa shape index (κ3) is 2.03. The van der Waals surface area contributed by atoms with Gasteiger partial charge in [-0.25, -0.2) is 4.68 Å². The van der Waals surface area contributed by atoms with Crippen molar-refractivity contribution in [3.63, 3.8) is 0 Å². The Bertz CT molecular complexity index is 508. The third-order valence-corrected chi connectivity index (χ3v) is 2.65. The molecule has 2 aromatic rings. The van der Waals surface area contributed by atoms with Crippen molar-refractivity contribution in [3.05, 3.63) is 46.2 Å². The summed E-state index contributed by atoms with van der Waals surface area (Å²) in [7, 11) is 0. The predicted octanol–water partition coefficient (Wildman–Crippen LogP) is 2.99. The van der Waals surface area contributed by atoms with Crippen molar-refractivity contribution in [3.8, 4) is 5.69 Å². The van der Waals surface area contributed by atoms with E-state index in [-0.39, 0.29) is 0 Å². The van der Waals surface area contributed by atoms with Gasteiger partial charge in [0.15, 0.2) is 6.29 Å². The molecule has 0 fully saturated rings. The van der Waals surface area contributed by atoms with Crippen molar-refractivity contribution in [1.29, 1.82) is 0 Å². The van der Waals surface area contributed by atoms with E-state index in [0.717, 1.165) is 12.0 Å². The van der Waals surface area contributed by atoms with Gasteiger partial charge in [-0.05, 0) is 18.2 Å². The molecule has 0 aliphatic heterocycles. The highest BCUT2D eigenvalue weighted by molar-refractivity contribution is 6.42. The Labute approximate surface area is 96.2 Å². The molecule has 3 nitrogen and oxygen atoms in total. The number of carbonyl (C=O) groups is 1. The minimum absolute atomic E-state index is 0.456. The van der Waals surface area contributed by atoms with Crippen LogP contribution in [-0.4, -0.2) is 16.1 Å². The molecule has 1 aromatic carbocycles. The zero-order chi connectivity index (χ0) is 10.8. The van der Waals surface area contributed by atoms with Gasteiger partial charge in [-0.2, -0.15) is 5.10 Å². The first-order valence-electron chi connectivity index (χ1n) is 4.16. The van der Waals surface area contributed by atoms with Gasteiger partial charge in [0.25, 0.3) is 0 Å². The zero-order valence-electron chi connectivity index (χ0n) is 7.52. The molecule has 0 atom stereocenters. The van der Waals surface area contributed by atoms with Gasteiger partial charge in [-0.3, -0.25) is 4.79 Å². The summed E-state index contributed by atoms with van der Waals surface area (Å²) in [6.45, 7) is 0. The summed E-state index contributed by atoms with van der Waals surface area (Å²) >= 11 is 11.6. The number of halogens is 2. The van der Waals surface area contributed by atoms with E-state index in [9.17, 15) is 4.79 Å². The molecule has 0 aliphatic carbocycles. The quantitative estimate of drug-likeness (QED) is 0.757. The lowest BCUT2D eigenvalue weighted by atomic mass is 10.3. The second kappa shape index (κ2) is 4.04. The van der Waals surface area contributed by atoms with Crippen LogP contribution in [0.5, 0.6) is 0 Å². The highest BCUT2D eigenvalue weighted by atomic mass is 35.5. The van der Waals surface area contributed by atoms with Crippen molar-refractivity contribution in [2.24, 2.45) is 0 Å². The van der Waals surface area contributed by atoms with E-state index >= 15 is 0 Å². The fourth-order valence-electron chi connectivity index (χ4n) is 1.17. The number of aromatic nitrogens is 2. The van der Waals surface area contributed by atoms with Crippen LogP contribution in [-0.2, 0) is 0 Å². The van der Waals surface area contributed by atoms with Crippen LogP contribution in [0.3, 0.4) is 0 Å². The topological polar surface area (TPSA) is 34.9 Å². The monoisotopic (exact) mass is 240 g/mol. The van der Waals surface area contributed by atoms with E-state index in [1.165, 1.54) is 6.20 Å². The smallest absolute Gasteiger partial charge is 0.153 e. The second-order valence-electron chi connectivity index (χ2n) is 2.93.